The molecule has 0 spiro atoms. The van der Waals surface area contributed by atoms with Crippen LogP contribution in [0, 0.1) is 6.42 Å². The van der Waals surface area contributed by atoms with E-state index in [4.69, 9.17) is 0 Å². The molecule has 1 radical (unpaired) electrons. The standard InChI is InChI=1S/C24H17/c1-16-12-19-8-4-10-21(23(19)13-16)22-11-5-9-20-14-17-6-2-3-7-18(17)15-24(20)22/h2-15H,1H3. The number of hydrogen-bond donors (Lipinski definition) is 0. The molecule has 0 aromatic heterocycles. The van der Waals surface area contributed by atoms with Crippen molar-refractivity contribution in [1.82, 2.24) is 0 Å². The Balaban J connectivity index is 1.85. The zero-order valence-corrected chi connectivity index (χ0v) is 13.6. The van der Waals surface area contributed by atoms with Crippen molar-refractivity contribution in [2.45, 2.75) is 6.92 Å². The minimum absolute atomic E-state index is 1.29. The monoisotopic (exact) mass is 305 g/mol. The van der Waals surface area contributed by atoms with Gasteiger partial charge in [-0.15, -0.1) is 0 Å². The minimum Gasteiger partial charge on any atom is -0.0642 e. The normalized spacial score (nSPS) is 13.3. The predicted molar refractivity (Wildman–Crippen MR) is 104 cm³/mol. The molecule has 0 amide bonds. The van der Waals surface area contributed by atoms with Crippen LogP contribution in [0.1, 0.15) is 18.1 Å². The van der Waals surface area contributed by atoms with Gasteiger partial charge in [0.2, 0.25) is 0 Å². The van der Waals surface area contributed by atoms with Gasteiger partial charge in [-0.2, -0.15) is 0 Å². The molecule has 0 atom stereocenters. The highest BCUT2D eigenvalue weighted by molar-refractivity contribution is 6.06. The smallest absolute Gasteiger partial charge is 0.0161 e. The molecule has 0 bridgehead atoms. The molecular weight excluding hydrogens is 288 g/mol. The Morgan fingerprint density at radius 2 is 1.33 bits per heavy atom. The number of benzene rings is 4. The van der Waals surface area contributed by atoms with Crippen molar-refractivity contribution in [3.05, 3.63) is 95.9 Å². The van der Waals surface area contributed by atoms with Crippen LogP contribution in [0.5, 0.6) is 0 Å². The lowest BCUT2D eigenvalue weighted by Gasteiger charge is -2.12. The van der Waals surface area contributed by atoms with Crippen molar-refractivity contribution in [3.63, 3.8) is 0 Å². The Labute approximate surface area is 142 Å². The van der Waals surface area contributed by atoms with Gasteiger partial charge in [0.25, 0.3) is 0 Å². The highest BCUT2D eigenvalue weighted by Gasteiger charge is 2.16. The first-order chi connectivity index (χ1) is 11.8. The molecule has 4 aromatic carbocycles. The van der Waals surface area contributed by atoms with Crippen LogP contribution >= 0.6 is 0 Å². The maximum atomic E-state index is 2.33. The number of hydrogen-bond acceptors (Lipinski definition) is 0. The molecule has 1 aliphatic carbocycles. The van der Waals surface area contributed by atoms with E-state index in [0.29, 0.717) is 0 Å². The molecule has 0 aliphatic heterocycles. The molecule has 0 fully saturated rings. The maximum absolute atomic E-state index is 2.33. The van der Waals surface area contributed by atoms with Gasteiger partial charge < -0.3 is 0 Å². The molecular formula is C24H17. The second kappa shape index (κ2) is 5.07. The third-order valence-electron chi connectivity index (χ3n) is 4.93. The van der Waals surface area contributed by atoms with Crippen LogP contribution in [-0.4, -0.2) is 0 Å². The Bertz CT molecular complexity index is 1130. The lowest BCUT2D eigenvalue weighted by molar-refractivity contribution is 1.45. The minimum atomic E-state index is 1.29. The summed E-state index contributed by atoms with van der Waals surface area (Å²) in [5, 5.41) is 5.21. The zero-order chi connectivity index (χ0) is 16.1. The van der Waals surface area contributed by atoms with E-state index in [0.717, 1.165) is 0 Å². The van der Waals surface area contributed by atoms with E-state index in [1.165, 1.54) is 49.4 Å². The van der Waals surface area contributed by atoms with Gasteiger partial charge in [0.1, 0.15) is 0 Å². The summed E-state index contributed by atoms with van der Waals surface area (Å²) in [7, 11) is 0. The van der Waals surface area contributed by atoms with Gasteiger partial charge in [-0.05, 0) is 62.9 Å². The van der Waals surface area contributed by atoms with Gasteiger partial charge in [-0.1, -0.05) is 72.3 Å². The van der Waals surface area contributed by atoms with Crippen LogP contribution in [0.2, 0.25) is 0 Å². The Morgan fingerprint density at radius 3 is 2.21 bits per heavy atom. The van der Waals surface area contributed by atoms with E-state index in [2.05, 4.69) is 92.2 Å². The summed E-state index contributed by atoms with van der Waals surface area (Å²) in [6.07, 6.45) is 4.56. The molecule has 0 N–H and O–H groups in total. The van der Waals surface area contributed by atoms with Crippen molar-refractivity contribution in [2.24, 2.45) is 0 Å². The first-order valence-electron chi connectivity index (χ1n) is 8.37. The molecule has 113 valence electrons. The van der Waals surface area contributed by atoms with Crippen LogP contribution in [0.4, 0.5) is 0 Å². The summed E-state index contributed by atoms with van der Waals surface area (Å²) in [6, 6.07) is 26.4. The van der Waals surface area contributed by atoms with E-state index in [1.807, 2.05) is 0 Å². The highest BCUT2D eigenvalue weighted by Crippen LogP contribution is 2.38. The Morgan fingerprint density at radius 1 is 0.625 bits per heavy atom. The van der Waals surface area contributed by atoms with Crippen LogP contribution < -0.4 is 0 Å². The van der Waals surface area contributed by atoms with E-state index in [-0.39, 0.29) is 0 Å². The number of fused-ring (bicyclic) bond motifs is 3. The third-order valence-corrected chi connectivity index (χ3v) is 4.93. The van der Waals surface area contributed by atoms with Crippen LogP contribution in [-0.2, 0) is 0 Å². The van der Waals surface area contributed by atoms with Gasteiger partial charge in [-0.3, -0.25) is 0 Å². The van der Waals surface area contributed by atoms with E-state index in [9.17, 15) is 0 Å². The molecule has 0 saturated carbocycles. The molecule has 0 saturated heterocycles. The van der Waals surface area contributed by atoms with Crippen LogP contribution in [0.25, 0.3) is 38.7 Å². The van der Waals surface area contributed by atoms with Crippen molar-refractivity contribution < 1.29 is 0 Å². The zero-order valence-electron chi connectivity index (χ0n) is 13.6. The molecule has 4 aromatic rings. The highest BCUT2D eigenvalue weighted by atomic mass is 14.2. The molecule has 0 heteroatoms. The van der Waals surface area contributed by atoms with Crippen LogP contribution in [0.3, 0.4) is 0 Å². The van der Waals surface area contributed by atoms with Crippen molar-refractivity contribution in [3.8, 4) is 11.1 Å². The van der Waals surface area contributed by atoms with E-state index < -0.39 is 0 Å². The van der Waals surface area contributed by atoms with Gasteiger partial charge in [0.15, 0.2) is 0 Å². The second-order valence-corrected chi connectivity index (χ2v) is 6.57. The number of rotatable bonds is 1. The van der Waals surface area contributed by atoms with Crippen molar-refractivity contribution >= 4 is 27.6 Å². The van der Waals surface area contributed by atoms with Gasteiger partial charge in [0, 0.05) is 6.42 Å². The molecule has 5 rings (SSSR count). The lowest BCUT2D eigenvalue weighted by atomic mass is 9.92. The Hall–Kier alpha value is -2.86. The average Bonchev–Trinajstić information content (AvgIpc) is 2.99. The van der Waals surface area contributed by atoms with Gasteiger partial charge in [0.05, 0.1) is 0 Å². The summed E-state index contributed by atoms with van der Waals surface area (Å²) >= 11 is 0. The SMILES string of the molecule is CC1=Cc2c(cccc2-c2cccc3cc4ccccc4cc23)[CH]1. The summed E-state index contributed by atoms with van der Waals surface area (Å²) in [5.74, 6) is 0. The quantitative estimate of drug-likeness (QED) is 0.346. The lowest BCUT2D eigenvalue weighted by Crippen LogP contribution is -1.88. The van der Waals surface area contributed by atoms with Crippen molar-refractivity contribution in [1.29, 1.82) is 0 Å². The van der Waals surface area contributed by atoms with Crippen molar-refractivity contribution in [2.75, 3.05) is 0 Å². The topological polar surface area (TPSA) is 0 Å². The summed E-state index contributed by atoms with van der Waals surface area (Å²) in [4.78, 5) is 0. The molecule has 0 nitrogen and oxygen atoms in total. The maximum Gasteiger partial charge on any atom is 0.0161 e. The molecule has 0 unspecified atom stereocenters. The predicted octanol–water partition coefficient (Wildman–Crippen LogP) is 6.63. The second-order valence-electron chi connectivity index (χ2n) is 6.57. The van der Waals surface area contributed by atoms with Gasteiger partial charge in [-0.25, -0.2) is 0 Å². The first kappa shape index (κ1) is 13.6. The fourth-order valence-corrected chi connectivity index (χ4v) is 3.82. The summed E-state index contributed by atoms with van der Waals surface area (Å²) in [6.45, 7) is 2.17. The summed E-state index contributed by atoms with van der Waals surface area (Å²) in [5.41, 5.74) is 6.62. The molecule has 0 heterocycles. The first-order valence-corrected chi connectivity index (χ1v) is 8.37. The fraction of sp³-hybridized carbons (Fsp3) is 0.0417. The average molecular weight is 305 g/mol. The van der Waals surface area contributed by atoms with Gasteiger partial charge >= 0.3 is 0 Å². The van der Waals surface area contributed by atoms with E-state index in [1.54, 1.807) is 0 Å². The van der Waals surface area contributed by atoms with Crippen LogP contribution in [0.15, 0.2) is 78.4 Å². The third kappa shape index (κ3) is 2.00. The summed E-state index contributed by atoms with van der Waals surface area (Å²) < 4.78 is 0. The fourth-order valence-electron chi connectivity index (χ4n) is 3.82. The number of allylic oxidation sites excluding steroid dienone is 1. The molecule has 24 heavy (non-hydrogen) atoms. The molecule has 1 aliphatic rings. The largest absolute Gasteiger partial charge is 0.0642 e. The Kier molecular flexibility index (Phi) is 2.87. The van der Waals surface area contributed by atoms with E-state index >= 15 is 0 Å².